The first-order valence-electron chi connectivity index (χ1n) is 8.29. The van der Waals surface area contributed by atoms with Crippen molar-refractivity contribution in [3.63, 3.8) is 0 Å². The summed E-state index contributed by atoms with van der Waals surface area (Å²) in [6, 6.07) is 10.6. The van der Waals surface area contributed by atoms with Crippen LogP contribution in [-0.2, 0) is 11.2 Å². The van der Waals surface area contributed by atoms with Crippen LogP contribution < -0.4 is 14.8 Å². The number of rotatable bonds is 4. The Hall–Kier alpha value is -2.38. The second-order valence-corrected chi connectivity index (χ2v) is 7.55. The van der Waals surface area contributed by atoms with E-state index in [9.17, 15) is 9.59 Å². The molecule has 0 unspecified atom stereocenters. The van der Waals surface area contributed by atoms with Gasteiger partial charge in [-0.05, 0) is 53.7 Å². The van der Waals surface area contributed by atoms with Crippen molar-refractivity contribution >= 4 is 40.2 Å². The number of hydrogen-bond donors (Lipinski definition) is 1. The van der Waals surface area contributed by atoms with Crippen LogP contribution >= 0.6 is 23.4 Å². The Labute approximate surface area is 166 Å². The summed E-state index contributed by atoms with van der Waals surface area (Å²) in [5, 5.41) is 3.21. The minimum absolute atomic E-state index is 0.0535. The van der Waals surface area contributed by atoms with Gasteiger partial charge >= 0.3 is 0 Å². The Morgan fingerprint density at radius 3 is 2.56 bits per heavy atom. The molecule has 27 heavy (non-hydrogen) atoms. The van der Waals surface area contributed by atoms with Crippen molar-refractivity contribution in [2.45, 2.75) is 11.3 Å². The minimum atomic E-state index is -0.174. The standard InChI is InChI=1S/C19H19ClN2O4S/c1-22(2)19(24)27-14-5-3-13(4-6-14)21-17(23)11-12-9-15(20)18-16(10-12)25-7-8-26-18/h3-6,9-10H,7-8,11H2,1-2H3,(H,21,23). The molecule has 0 saturated carbocycles. The van der Waals surface area contributed by atoms with Crippen molar-refractivity contribution in [1.29, 1.82) is 0 Å². The summed E-state index contributed by atoms with van der Waals surface area (Å²) in [7, 11) is 3.40. The number of benzene rings is 2. The molecule has 0 spiro atoms. The van der Waals surface area contributed by atoms with E-state index in [1.165, 1.54) is 4.90 Å². The van der Waals surface area contributed by atoms with Crippen LogP contribution in [0.4, 0.5) is 10.5 Å². The average Bonchev–Trinajstić information content (AvgIpc) is 2.63. The molecule has 1 heterocycles. The third kappa shape index (κ3) is 5.08. The largest absolute Gasteiger partial charge is 0.486 e. The average molecular weight is 407 g/mol. The zero-order chi connectivity index (χ0) is 19.4. The van der Waals surface area contributed by atoms with Crippen molar-refractivity contribution in [2.24, 2.45) is 0 Å². The van der Waals surface area contributed by atoms with E-state index in [-0.39, 0.29) is 17.6 Å². The summed E-state index contributed by atoms with van der Waals surface area (Å²) in [6.07, 6.45) is 0.159. The Balaban J connectivity index is 1.61. The second-order valence-electron chi connectivity index (χ2n) is 6.11. The zero-order valence-corrected chi connectivity index (χ0v) is 16.5. The highest BCUT2D eigenvalue weighted by Gasteiger charge is 2.17. The molecule has 0 aromatic heterocycles. The van der Waals surface area contributed by atoms with E-state index in [4.69, 9.17) is 21.1 Å². The number of halogens is 1. The molecule has 2 aromatic rings. The number of carbonyl (C=O) groups is 2. The zero-order valence-electron chi connectivity index (χ0n) is 15.0. The third-order valence-corrected chi connectivity index (χ3v) is 5.06. The summed E-state index contributed by atoms with van der Waals surface area (Å²) in [4.78, 5) is 26.3. The van der Waals surface area contributed by atoms with Crippen LogP contribution in [0.2, 0.25) is 5.02 Å². The van der Waals surface area contributed by atoms with Crippen LogP contribution in [0.5, 0.6) is 11.5 Å². The molecule has 3 rings (SSSR count). The van der Waals surface area contributed by atoms with Gasteiger partial charge in [-0.15, -0.1) is 0 Å². The van der Waals surface area contributed by atoms with Crippen LogP contribution in [0.25, 0.3) is 0 Å². The summed E-state index contributed by atoms with van der Waals surface area (Å²) in [5.74, 6) is 0.906. The third-order valence-electron chi connectivity index (χ3n) is 3.73. The van der Waals surface area contributed by atoms with Crippen LogP contribution in [-0.4, -0.2) is 43.4 Å². The molecule has 2 aromatic carbocycles. The number of carbonyl (C=O) groups excluding carboxylic acids is 2. The molecular weight excluding hydrogens is 388 g/mol. The molecule has 142 valence electrons. The van der Waals surface area contributed by atoms with E-state index in [1.54, 1.807) is 50.5 Å². The Bertz CT molecular complexity index is 856. The molecule has 0 atom stereocenters. The molecule has 6 nitrogen and oxygen atoms in total. The van der Waals surface area contributed by atoms with Gasteiger partial charge in [0.2, 0.25) is 5.91 Å². The fourth-order valence-electron chi connectivity index (χ4n) is 2.46. The molecule has 0 fully saturated rings. The number of anilines is 1. The maximum atomic E-state index is 12.3. The highest BCUT2D eigenvalue weighted by molar-refractivity contribution is 8.13. The number of fused-ring (bicyclic) bond motifs is 1. The van der Waals surface area contributed by atoms with Gasteiger partial charge in [-0.25, -0.2) is 0 Å². The quantitative estimate of drug-likeness (QED) is 0.775. The van der Waals surface area contributed by atoms with Crippen molar-refractivity contribution in [3.05, 3.63) is 47.0 Å². The minimum Gasteiger partial charge on any atom is -0.486 e. The lowest BCUT2D eigenvalue weighted by molar-refractivity contribution is -0.115. The van der Waals surface area contributed by atoms with E-state index in [0.717, 1.165) is 22.2 Å². The lowest BCUT2D eigenvalue weighted by Crippen LogP contribution is -2.17. The Morgan fingerprint density at radius 2 is 1.85 bits per heavy atom. The maximum Gasteiger partial charge on any atom is 0.285 e. The van der Waals surface area contributed by atoms with Gasteiger partial charge in [0.05, 0.1) is 11.4 Å². The molecule has 2 amide bonds. The van der Waals surface area contributed by atoms with Crippen LogP contribution in [0.15, 0.2) is 41.3 Å². The van der Waals surface area contributed by atoms with Crippen molar-refractivity contribution in [3.8, 4) is 11.5 Å². The van der Waals surface area contributed by atoms with E-state index in [2.05, 4.69) is 5.32 Å². The molecule has 8 heteroatoms. The molecule has 0 radical (unpaired) electrons. The molecule has 0 bridgehead atoms. The van der Waals surface area contributed by atoms with Gasteiger partial charge in [0, 0.05) is 24.7 Å². The van der Waals surface area contributed by atoms with Crippen LogP contribution in [0.1, 0.15) is 5.56 Å². The van der Waals surface area contributed by atoms with Gasteiger partial charge in [0.25, 0.3) is 5.24 Å². The van der Waals surface area contributed by atoms with Gasteiger partial charge in [-0.3, -0.25) is 9.59 Å². The topological polar surface area (TPSA) is 67.9 Å². The van der Waals surface area contributed by atoms with E-state index in [0.29, 0.717) is 35.4 Å². The van der Waals surface area contributed by atoms with Gasteiger partial charge in [0.1, 0.15) is 13.2 Å². The van der Waals surface area contributed by atoms with Crippen molar-refractivity contribution < 1.29 is 19.1 Å². The fourth-order valence-corrected chi connectivity index (χ4v) is 3.40. The highest BCUT2D eigenvalue weighted by Crippen LogP contribution is 2.38. The van der Waals surface area contributed by atoms with E-state index < -0.39 is 0 Å². The summed E-state index contributed by atoms with van der Waals surface area (Å²) >= 11 is 7.33. The monoisotopic (exact) mass is 406 g/mol. The second kappa shape index (κ2) is 8.54. The SMILES string of the molecule is CN(C)C(=O)Sc1ccc(NC(=O)Cc2cc(Cl)c3c(c2)OCCO3)cc1. The normalized spacial score (nSPS) is 12.4. The number of thioether (sulfide) groups is 1. The fraction of sp³-hybridized carbons (Fsp3) is 0.263. The lowest BCUT2D eigenvalue weighted by atomic mass is 10.1. The van der Waals surface area contributed by atoms with Crippen molar-refractivity contribution in [1.82, 2.24) is 4.90 Å². The van der Waals surface area contributed by atoms with Gasteiger partial charge in [-0.1, -0.05) is 11.6 Å². The number of ether oxygens (including phenoxy) is 2. The first kappa shape index (κ1) is 19.4. The number of nitrogens with zero attached hydrogens (tertiary/aromatic N) is 1. The first-order valence-corrected chi connectivity index (χ1v) is 9.49. The number of hydrogen-bond acceptors (Lipinski definition) is 5. The van der Waals surface area contributed by atoms with Gasteiger partial charge in [0.15, 0.2) is 11.5 Å². The van der Waals surface area contributed by atoms with Gasteiger partial charge in [-0.2, -0.15) is 0 Å². The number of nitrogens with one attached hydrogen (secondary N) is 1. The molecule has 0 aliphatic carbocycles. The lowest BCUT2D eigenvalue weighted by Gasteiger charge is -2.20. The van der Waals surface area contributed by atoms with Gasteiger partial charge < -0.3 is 19.7 Å². The highest BCUT2D eigenvalue weighted by atomic mass is 35.5. The molecule has 1 aliphatic rings. The summed E-state index contributed by atoms with van der Waals surface area (Å²) < 4.78 is 11.0. The smallest absolute Gasteiger partial charge is 0.285 e. The number of amides is 2. The predicted octanol–water partition coefficient (Wildman–Crippen LogP) is 4.07. The first-order chi connectivity index (χ1) is 12.9. The van der Waals surface area contributed by atoms with Crippen LogP contribution in [0.3, 0.4) is 0 Å². The molecule has 1 N–H and O–H groups in total. The van der Waals surface area contributed by atoms with Crippen LogP contribution in [0, 0.1) is 0 Å². The predicted molar refractivity (Wildman–Crippen MR) is 106 cm³/mol. The Morgan fingerprint density at radius 1 is 1.15 bits per heavy atom. The summed E-state index contributed by atoms with van der Waals surface area (Å²) in [5.41, 5.74) is 1.40. The molecule has 0 saturated heterocycles. The molecular formula is C19H19ClN2O4S. The van der Waals surface area contributed by atoms with E-state index in [1.807, 2.05) is 0 Å². The maximum absolute atomic E-state index is 12.3. The summed E-state index contributed by atoms with van der Waals surface area (Å²) in [6.45, 7) is 0.917. The molecule has 1 aliphatic heterocycles. The van der Waals surface area contributed by atoms with E-state index >= 15 is 0 Å². The Kier molecular flexibility index (Phi) is 6.13. The van der Waals surface area contributed by atoms with Crippen molar-refractivity contribution in [2.75, 3.05) is 32.6 Å².